The molecule has 0 saturated carbocycles. The number of halogens is 1. The number of benzene rings is 1. The zero-order chi connectivity index (χ0) is 17.4. The fourth-order valence-electron chi connectivity index (χ4n) is 2.41. The molecule has 130 valence electrons. The van der Waals surface area contributed by atoms with Gasteiger partial charge in [0.25, 0.3) is 0 Å². The molecule has 0 spiro atoms. The van der Waals surface area contributed by atoms with E-state index in [9.17, 15) is 9.90 Å². The Morgan fingerprint density at radius 2 is 2.21 bits per heavy atom. The van der Waals surface area contributed by atoms with Crippen molar-refractivity contribution in [2.45, 2.75) is 18.8 Å². The van der Waals surface area contributed by atoms with E-state index in [0.717, 1.165) is 6.42 Å². The lowest BCUT2D eigenvalue weighted by Crippen LogP contribution is -2.30. The maximum atomic E-state index is 12.1. The minimum Gasteiger partial charge on any atom is -0.495 e. The largest absolute Gasteiger partial charge is 0.495 e. The molecule has 0 aliphatic heterocycles. The predicted molar refractivity (Wildman–Crippen MR) is 98.4 cm³/mol. The number of rotatable bonds is 8. The topological polar surface area (TPSA) is 70.6 Å². The molecule has 1 heterocycles. The lowest BCUT2D eigenvalue weighted by Gasteiger charge is -2.15. The van der Waals surface area contributed by atoms with Crippen LogP contribution >= 0.6 is 22.9 Å². The van der Waals surface area contributed by atoms with E-state index in [0.29, 0.717) is 29.4 Å². The van der Waals surface area contributed by atoms with Crippen molar-refractivity contribution in [3.8, 4) is 5.75 Å². The highest BCUT2D eigenvalue weighted by atomic mass is 35.5. The fourth-order valence-corrected chi connectivity index (χ4v) is 3.48. The Morgan fingerprint density at radius 1 is 1.38 bits per heavy atom. The van der Waals surface area contributed by atoms with E-state index >= 15 is 0 Å². The lowest BCUT2D eigenvalue weighted by atomic mass is 10.00. The smallest absolute Gasteiger partial charge is 0.319 e. The van der Waals surface area contributed by atoms with Crippen LogP contribution in [-0.4, -0.2) is 31.4 Å². The van der Waals surface area contributed by atoms with E-state index in [1.165, 1.54) is 12.0 Å². The Bertz CT molecular complexity index is 649. The van der Waals surface area contributed by atoms with Gasteiger partial charge in [-0.15, -0.1) is 11.3 Å². The number of aliphatic hydroxyl groups is 1. The summed E-state index contributed by atoms with van der Waals surface area (Å²) in [6.45, 7) is 0.645. The highest BCUT2D eigenvalue weighted by molar-refractivity contribution is 7.10. The Kier molecular flexibility index (Phi) is 7.36. The van der Waals surface area contributed by atoms with Gasteiger partial charge in [-0.3, -0.25) is 0 Å². The maximum Gasteiger partial charge on any atom is 0.319 e. The second-order valence-electron chi connectivity index (χ2n) is 5.24. The fraction of sp³-hybridized carbons (Fsp3) is 0.353. The Labute approximate surface area is 150 Å². The van der Waals surface area contributed by atoms with Crippen molar-refractivity contribution in [2.24, 2.45) is 0 Å². The number of amides is 2. The van der Waals surface area contributed by atoms with Crippen LogP contribution in [-0.2, 0) is 0 Å². The summed E-state index contributed by atoms with van der Waals surface area (Å²) in [6, 6.07) is 8.78. The van der Waals surface area contributed by atoms with E-state index in [4.69, 9.17) is 16.3 Å². The molecule has 0 radical (unpaired) electrons. The van der Waals surface area contributed by atoms with Crippen LogP contribution in [0.2, 0.25) is 5.02 Å². The molecule has 2 amide bonds. The van der Waals surface area contributed by atoms with Crippen LogP contribution in [0.15, 0.2) is 35.7 Å². The van der Waals surface area contributed by atoms with Crippen molar-refractivity contribution in [2.75, 3.05) is 25.6 Å². The zero-order valence-electron chi connectivity index (χ0n) is 13.4. The monoisotopic (exact) mass is 368 g/mol. The number of carbonyl (C=O) groups is 1. The average molecular weight is 369 g/mol. The van der Waals surface area contributed by atoms with Gasteiger partial charge in [-0.2, -0.15) is 0 Å². The molecule has 0 aliphatic carbocycles. The molecule has 0 bridgehead atoms. The van der Waals surface area contributed by atoms with Crippen molar-refractivity contribution in [1.29, 1.82) is 0 Å². The molecule has 2 rings (SSSR count). The summed E-state index contributed by atoms with van der Waals surface area (Å²) in [5.74, 6) is 0.794. The summed E-state index contributed by atoms with van der Waals surface area (Å²) in [6.07, 6.45) is 1.45. The first-order valence-corrected chi connectivity index (χ1v) is 8.92. The number of anilines is 1. The number of hydrogen-bond donors (Lipinski definition) is 3. The Hall–Kier alpha value is -1.76. The molecule has 5 nitrogen and oxygen atoms in total. The van der Waals surface area contributed by atoms with E-state index < -0.39 is 0 Å². The van der Waals surface area contributed by atoms with Crippen molar-refractivity contribution in [1.82, 2.24) is 5.32 Å². The van der Waals surface area contributed by atoms with Crippen molar-refractivity contribution >= 4 is 34.7 Å². The summed E-state index contributed by atoms with van der Waals surface area (Å²) >= 11 is 7.61. The van der Waals surface area contributed by atoms with Gasteiger partial charge in [-0.25, -0.2) is 4.79 Å². The van der Waals surface area contributed by atoms with Crippen LogP contribution in [0, 0.1) is 0 Å². The number of hydrogen-bond acceptors (Lipinski definition) is 4. The van der Waals surface area contributed by atoms with Crippen molar-refractivity contribution in [3.05, 3.63) is 45.6 Å². The predicted octanol–water partition coefficient (Wildman–Crippen LogP) is 4.09. The minimum atomic E-state index is -0.315. The molecular formula is C17H21ClN2O3S. The molecule has 3 N–H and O–H groups in total. The minimum absolute atomic E-state index is 0.133. The lowest BCUT2D eigenvalue weighted by molar-refractivity contribution is 0.250. The second kappa shape index (κ2) is 9.52. The summed E-state index contributed by atoms with van der Waals surface area (Å²) < 4.78 is 5.20. The van der Waals surface area contributed by atoms with Gasteiger partial charge < -0.3 is 20.5 Å². The summed E-state index contributed by atoms with van der Waals surface area (Å²) in [4.78, 5) is 13.3. The number of methoxy groups -OCH3 is 1. The molecule has 1 aromatic carbocycles. The number of urea groups is 1. The zero-order valence-corrected chi connectivity index (χ0v) is 15.0. The molecule has 1 aromatic heterocycles. The van der Waals surface area contributed by atoms with Crippen molar-refractivity contribution < 1.29 is 14.6 Å². The molecule has 7 heteroatoms. The van der Waals surface area contributed by atoms with Gasteiger partial charge in [-0.1, -0.05) is 17.7 Å². The van der Waals surface area contributed by atoms with Crippen LogP contribution in [0.5, 0.6) is 5.75 Å². The average Bonchev–Trinajstić information content (AvgIpc) is 3.08. The van der Waals surface area contributed by atoms with Crippen molar-refractivity contribution in [3.63, 3.8) is 0 Å². The first-order valence-electron chi connectivity index (χ1n) is 7.66. The standard InChI is InChI=1S/C17H21ClN2O3S/c1-23-15-5-4-13(18)11-14(15)20-17(22)19-8-6-12(7-9-21)16-3-2-10-24-16/h2-5,10-12,21H,6-9H2,1H3,(H2,19,20,22)/t12-/m0/s1. The Morgan fingerprint density at radius 3 is 2.88 bits per heavy atom. The molecule has 0 fully saturated rings. The number of nitrogens with one attached hydrogen (secondary N) is 2. The number of ether oxygens (including phenoxy) is 1. The third-order valence-electron chi connectivity index (χ3n) is 3.61. The van der Waals surface area contributed by atoms with E-state index in [1.807, 2.05) is 11.4 Å². The first-order chi connectivity index (χ1) is 11.6. The van der Waals surface area contributed by atoms with Gasteiger partial charge in [0.1, 0.15) is 5.75 Å². The molecule has 2 aromatic rings. The quantitative estimate of drug-likeness (QED) is 0.657. The van der Waals surface area contributed by atoms with Gasteiger partial charge in [0.05, 0.1) is 12.8 Å². The van der Waals surface area contributed by atoms with Gasteiger partial charge in [-0.05, 0) is 48.4 Å². The summed E-state index contributed by atoms with van der Waals surface area (Å²) in [5.41, 5.74) is 0.521. The normalized spacial score (nSPS) is 11.8. The van der Waals surface area contributed by atoms with Gasteiger partial charge >= 0.3 is 6.03 Å². The summed E-state index contributed by atoms with van der Waals surface area (Å²) in [7, 11) is 1.53. The number of aliphatic hydroxyl groups excluding tert-OH is 1. The van der Waals surface area contributed by atoms with E-state index in [1.54, 1.807) is 29.5 Å². The summed E-state index contributed by atoms with van der Waals surface area (Å²) in [5, 5.41) is 17.3. The van der Waals surface area contributed by atoms with E-state index in [-0.39, 0.29) is 18.6 Å². The SMILES string of the molecule is COc1ccc(Cl)cc1NC(=O)NCC[C@@H](CCO)c1cccs1. The van der Waals surface area contributed by atoms with Gasteiger partial charge in [0.2, 0.25) is 0 Å². The second-order valence-corrected chi connectivity index (χ2v) is 6.65. The van der Waals surface area contributed by atoms with Crippen LogP contribution in [0.3, 0.4) is 0 Å². The Balaban J connectivity index is 1.85. The van der Waals surface area contributed by atoms with Crippen LogP contribution in [0.1, 0.15) is 23.6 Å². The van der Waals surface area contributed by atoms with Crippen LogP contribution in [0.4, 0.5) is 10.5 Å². The molecule has 0 unspecified atom stereocenters. The number of carbonyl (C=O) groups excluding carboxylic acids is 1. The highest BCUT2D eigenvalue weighted by Crippen LogP contribution is 2.28. The maximum absolute atomic E-state index is 12.1. The molecular weight excluding hydrogens is 348 g/mol. The highest BCUT2D eigenvalue weighted by Gasteiger charge is 2.13. The molecule has 0 aliphatic rings. The number of thiophene rings is 1. The molecule has 1 atom stereocenters. The molecule has 0 saturated heterocycles. The van der Waals surface area contributed by atoms with Crippen LogP contribution < -0.4 is 15.4 Å². The van der Waals surface area contributed by atoms with Gasteiger partial charge in [0, 0.05) is 23.1 Å². The third kappa shape index (κ3) is 5.40. The van der Waals surface area contributed by atoms with Crippen LogP contribution in [0.25, 0.3) is 0 Å². The third-order valence-corrected chi connectivity index (χ3v) is 4.88. The molecule has 24 heavy (non-hydrogen) atoms. The first kappa shape index (κ1) is 18.6. The van der Waals surface area contributed by atoms with E-state index in [2.05, 4.69) is 16.7 Å². The van der Waals surface area contributed by atoms with Gasteiger partial charge in [0.15, 0.2) is 0 Å².